The van der Waals surface area contributed by atoms with Gasteiger partial charge in [-0.15, -0.1) is 12.4 Å². The molecule has 0 aliphatic carbocycles. The number of hydrogen-bond acceptors (Lipinski definition) is 2. The minimum atomic E-state index is -1.02. The first-order chi connectivity index (χ1) is 8.54. The van der Waals surface area contributed by atoms with Crippen LogP contribution in [0, 0.1) is 11.6 Å². The van der Waals surface area contributed by atoms with E-state index in [0.29, 0.717) is 13.1 Å². The fourth-order valence-corrected chi connectivity index (χ4v) is 2.67. The zero-order chi connectivity index (χ0) is 13.3. The van der Waals surface area contributed by atoms with Gasteiger partial charge in [-0.3, -0.25) is 4.79 Å². The molecule has 1 heterocycles. The molecule has 2 rings (SSSR count). The summed E-state index contributed by atoms with van der Waals surface area (Å²) in [4.78, 5) is 13.9. The Hall–Kier alpha value is -0.720. The molecule has 1 saturated heterocycles. The van der Waals surface area contributed by atoms with Crippen molar-refractivity contribution in [3.8, 4) is 0 Å². The van der Waals surface area contributed by atoms with E-state index in [2.05, 4.69) is 15.9 Å². The molecule has 0 saturated carbocycles. The average molecular weight is 356 g/mol. The summed E-state index contributed by atoms with van der Waals surface area (Å²) in [6.45, 7) is 0.985. The Labute approximate surface area is 124 Å². The lowest BCUT2D eigenvalue weighted by Crippen LogP contribution is -2.40. The zero-order valence-corrected chi connectivity index (χ0v) is 12.4. The van der Waals surface area contributed by atoms with E-state index in [4.69, 9.17) is 5.73 Å². The molecular formula is C12H14BrClF2N2O. The highest BCUT2D eigenvalue weighted by Gasteiger charge is 2.29. The molecule has 3 nitrogen and oxygen atoms in total. The fraction of sp³-hybridized carbons (Fsp3) is 0.417. The molecule has 1 fully saturated rings. The lowest BCUT2D eigenvalue weighted by Gasteiger charge is -2.24. The second-order valence-corrected chi connectivity index (χ2v) is 5.13. The highest BCUT2D eigenvalue weighted by Crippen LogP contribution is 2.25. The Morgan fingerprint density at radius 1 is 1.42 bits per heavy atom. The Kier molecular flexibility index (Phi) is 5.70. The van der Waals surface area contributed by atoms with Crippen molar-refractivity contribution in [2.75, 3.05) is 13.1 Å². The topological polar surface area (TPSA) is 46.3 Å². The second kappa shape index (κ2) is 6.63. The van der Waals surface area contributed by atoms with Crippen LogP contribution in [-0.2, 0) is 0 Å². The van der Waals surface area contributed by atoms with Gasteiger partial charge in [0.2, 0.25) is 0 Å². The molecule has 1 aromatic rings. The van der Waals surface area contributed by atoms with E-state index in [1.807, 2.05) is 0 Å². The van der Waals surface area contributed by atoms with Gasteiger partial charge < -0.3 is 10.6 Å². The van der Waals surface area contributed by atoms with Crippen LogP contribution in [0.3, 0.4) is 0 Å². The number of nitrogens with zero attached hydrogens (tertiary/aromatic N) is 1. The highest BCUT2D eigenvalue weighted by atomic mass is 79.9. The molecule has 2 N–H and O–H groups in total. The summed E-state index contributed by atoms with van der Waals surface area (Å²) in [7, 11) is 0. The molecule has 0 spiro atoms. The summed E-state index contributed by atoms with van der Waals surface area (Å²) in [5, 5.41) is 0. The van der Waals surface area contributed by atoms with Gasteiger partial charge in [0, 0.05) is 23.6 Å². The number of amides is 1. The maximum absolute atomic E-state index is 13.2. The number of benzene rings is 1. The van der Waals surface area contributed by atoms with Gasteiger partial charge in [-0.05, 0) is 40.9 Å². The predicted molar refractivity (Wildman–Crippen MR) is 74.4 cm³/mol. The van der Waals surface area contributed by atoms with Crippen molar-refractivity contribution < 1.29 is 13.6 Å². The van der Waals surface area contributed by atoms with Crippen molar-refractivity contribution in [2.24, 2.45) is 5.73 Å². The van der Waals surface area contributed by atoms with Gasteiger partial charge in [-0.2, -0.15) is 0 Å². The SMILES string of the molecule is Cl.NCC1CCCN1C(=O)c1cc(F)c(F)cc1Br. The van der Waals surface area contributed by atoms with E-state index in [9.17, 15) is 13.6 Å². The zero-order valence-electron chi connectivity index (χ0n) is 10.0. The van der Waals surface area contributed by atoms with Crippen molar-refractivity contribution in [1.29, 1.82) is 0 Å². The molecule has 1 aliphatic heterocycles. The summed E-state index contributed by atoms with van der Waals surface area (Å²) in [5.41, 5.74) is 5.73. The Balaban J connectivity index is 0.00000180. The molecule has 7 heteroatoms. The first kappa shape index (κ1) is 16.3. The molecule has 1 aliphatic rings. The van der Waals surface area contributed by atoms with Gasteiger partial charge in [0.25, 0.3) is 5.91 Å². The number of hydrogen-bond donors (Lipinski definition) is 1. The van der Waals surface area contributed by atoms with Crippen LogP contribution in [0.15, 0.2) is 16.6 Å². The van der Waals surface area contributed by atoms with E-state index < -0.39 is 11.6 Å². The summed E-state index contributed by atoms with van der Waals surface area (Å²) < 4.78 is 26.4. The quantitative estimate of drug-likeness (QED) is 0.829. The summed E-state index contributed by atoms with van der Waals surface area (Å²) in [6, 6.07) is 1.88. The van der Waals surface area contributed by atoms with Gasteiger partial charge in [0.15, 0.2) is 11.6 Å². The Bertz CT molecular complexity index is 487. The normalized spacial score (nSPS) is 18.3. The molecule has 1 amide bonds. The molecule has 1 aromatic carbocycles. The van der Waals surface area contributed by atoms with Crippen LogP contribution < -0.4 is 5.73 Å². The van der Waals surface area contributed by atoms with Crippen LogP contribution in [0.4, 0.5) is 8.78 Å². The smallest absolute Gasteiger partial charge is 0.255 e. The van der Waals surface area contributed by atoms with E-state index in [0.717, 1.165) is 25.0 Å². The van der Waals surface area contributed by atoms with E-state index in [1.54, 1.807) is 4.90 Å². The summed E-state index contributed by atoms with van der Waals surface area (Å²) in [5.74, 6) is -2.31. The first-order valence-corrected chi connectivity index (χ1v) is 6.49. The van der Waals surface area contributed by atoms with Crippen molar-refractivity contribution in [1.82, 2.24) is 4.90 Å². The average Bonchev–Trinajstić information content (AvgIpc) is 2.81. The molecule has 1 atom stereocenters. The number of rotatable bonds is 2. The first-order valence-electron chi connectivity index (χ1n) is 5.70. The number of likely N-dealkylation sites (tertiary alicyclic amines) is 1. The largest absolute Gasteiger partial charge is 0.334 e. The molecule has 19 heavy (non-hydrogen) atoms. The minimum absolute atomic E-state index is 0. The van der Waals surface area contributed by atoms with Gasteiger partial charge in [-0.1, -0.05) is 0 Å². The van der Waals surface area contributed by atoms with E-state index in [1.165, 1.54) is 0 Å². The van der Waals surface area contributed by atoms with Crippen molar-refractivity contribution in [3.05, 3.63) is 33.8 Å². The van der Waals surface area contributed by atoms with Crippen LogP contribution in [0.1, 0.15) is 23.2 Å². The monoisotopic (exact) mass is 354 g/mol. The van der Waals surface area contributed by atoms with Crippen LogP contribution in [-0.4, -0.2) is 29.9 Å². The van der Waals surface area contributed by atoms with Crippen molar-refractivity contribution >= 4 is 34.2 Å². The third-order valence-electron chi connectivity index (χ3n) is 3.15. The number of nitrogens with two attached hydrogens (primary N) is 1. The predicted octanol–water partition coefficient (Wildman–Crippen LogP) is 2.71. The van der Waals surface area contributed by atoms with Crippen LogP contribution in [0.2, 0.25) is 0 Å². The van der Waals surface area contributed by atoms with Gasteiger partial charge in [0.05, 0.1) is 5.56 Å². The summed E-state index contributed by atoms with van der Waals surface area (Å²) >= 11 is 3.09. The lowest BCUT2D eigenvalue weighted by atomic mass is 10.1. The number of halogens is 4. The molecule has 0 bridgehead atoms. The lowest BCUT2D eigenvalue weighted by molar-refractivity contribution is 0.0739. The van der Waals surface area contributed by atoms with Crippen molar-refractivity contribution in [2.45, 2.75) is 18.9 Å². The van der Waals surface area contributed by atoms with Gasteiger partial charge in [-0.25, -0.2) is 8.78 Å². The second-order valence-electron chi connectivity index (χ2n) is 4.28. The Morgan fingerprint density at radius 2 is 2.05 bits per heavy atom. The Morgan fingerprint density at radius 3 is 2.68 bits per heavy atom. The maximum atomic E-state index is 13.2. The van der Waals surface area contributed by atoms with Gasteiger partial charge >= 0.3 is 0 Å². The molecule has 0 radical (unpaired) electrons. The van der Waals surface area contributed by atoms with Gasteiger partial charge in [0.1, 0.15) is 0 Å². The highest BCUT2D eigenvalue weighted by molar-refractivity contribution is 9.10. The van der Waals surface area contributed by atoms with Crippen LogP contribution in [0.5, 0.6) is 0 Å². The summed E-state index contributed by atoms with van der Waals surface area (Å²) in [6.07, 6.45) is 1.73. The fourth-order valence-electron chi connectivity index (χ4n) is 2.19. The van der Waals surface area contributed by atoms with Crippen LogP contribution >= 0.6 is 28.3 Å². The number of carbonyl (C=O) groups excluding carboxylic acids is 1. The maximum Gasteiger partial charge on any atom is 0.255 e. The van der Waals surface area contributed by atoms with Crippen molar-refractivity contribution in [3.63, 3.8) is 0 Å². The molecular weight excluding hydrogens is 341 g/mol. The van der Waals surface area contributed by atoms with Crippen LogP contribution in [0.25, 0.3) is 0 Å². The molecule has 0 aromatic heterocycles. The van der Waals surface area contributed by atoms with E-state index in [-0.39, 0.29) is 34.4 Å². The molecule has 1 unspecified atom stereocenters. The third-order valence-corrected chi connectivity index (χ3v) is 3.81. The standard InChI is InChI=1S/C12H13BrF2N2O.ClH/c13-9-5-11(15)10(14)4-8(9)12(18)17-3-1-2-7(17)6-16;/h4-5,7H,1-3,6,16H2;1H. The minimum Gasteiger partial charge on any atom is -0.334 e. The van der Waals surface area contributed by atoms with E-state index >= 15 is 0 Å². The number of carbonyl (C=O) groups is 1. The third kappa shape index (κ3) is 3.24. The molecule has 106 valence electrons.